The molecule has 3 N–H and O–H groups in total. The van der Waals surface area contributed by atoms with Crippen molar-refractivity contribution in [3.8, 4) is 11.5 Å². The molecule has 0 spiro atoms. The standard InChI is InChI=1S/C29H24ClFN4O4S/c30-24-13-19(5-9-27(24)39-20-3-1-2-18(31)12-20)35-28-23-11-17(4-8-25(23)33-16-34-28)10-21-6-7-22(38-21)14-32-26(15-40)29(36)37/h1-9,11-13,16,26,32,40H,10,14-15H2,(H,36,37)(H,33,34,35). The molecule has 0 aliphatic heterocycles. The van der Waals surface area contributed by atoms with Gasteiger partial charge in [-0.05, 0) is 60.2 Å². The summed E-state index contributed by atoms with van der Waals surface area (Å²) in [5.74, 6) is 1.53. The Hall–Kier alpha value is -4.12. The summed E-state index contributed by atoms with van der Waals surface area (Å²) in [6.07, 6.45) is 2.01. The third-order valence-electron chi connectivity index (χ3n) is 6.02. The van der Waals surface area contributed by atoms with Gasteiger partial charge in [-0.1, -0.05) is 23.7 Å². The van der Waals surface area contributed by atoms with Gasteiger partial charge >= 0.3 is 5.97 Å². The average molecular weight is 579 g/mol. The normalized spacial score (nSPS) is 11.9. The summed E-state index contributed by atoms with van der Waals surface area (Å²) in [5, 5.41) is 16.5. The molecular formula is C29H24ClFN4O4S. The van der Waals surface area contributed by atoms with Crippen LogP contribution in [0.4, 0.5) is 15.9 Å². The van der Waals surface area contributed by atoms with Crippen LogP contribution in [0.1, 0.15) is 17.1 Å². The Labute approximate surface area is 239 Å². The summed E-state index contributed by atoms with van der Waals surface area (Å²) in [7, 11) is 0. The number of rotatable bonds is 11. The number of hydrogen-bond acceptors (Lipinski definition) is 8. The Balaban J connectivity index is 1.30. The molecule has 1 unspecified atom stereocenters. The van der Waals surface area contributed by atoms with Crippen molar-refractivity contribution in [3.63, 3.8) is 0 Å². The van der Waals surface area contributed by atoms with Gasteiger partial charge in [0.25, 0.3) is 0 Å². The maximum Gasteiger partial charge on any atom is 0.321 e. The topological polar surface area (TPSA) is 110 Å². The highest BCUT2D eigenvalue weighted by molar-refractivity contribution is 7.80. The van der Waals surface area contributed by atoms with Crippen LogP contribution in [0, 0.1) is 5.82 Å². The highest BCUT2D eigenvalue weighted by Crippen LogP contribution is 2.33. The van der Waals surface area contributed by atoms with Crippen LogP contribution in [0.25, 0.3) is 10.9 Å². The third kappa shape index (κ3) is 6.71. The quantitative estimate of drug-likeness (QED) is 0.130. The van der Waals surface area contributed by atoms with Crippen molar-refractivity contribution in [1.82, 2.24) is 15.3 Å². The minimum atomic E-state index is -0.958. The number of carboxylic acid groups (broad SMARTS) is 1. The SMILES string of the molecule is O=C(O)C(CS)NCc1ccc(Cc2ccc3ncnc(Nc4ccc(Oc5cccc(F)c5)c(Cl)c4)c3c2)o1. The van der Waals surface area contributed by atoms with E-state index in [9.17, 15) is 9.18 Å². The number of fused-ring (bicyclic) bond motifs is 1. The molecule has 3 aromatic carbocycles. The minimum Gasteiger partial charge on any atom is -0.480 e. The Morgan fingerprint density at radius 3 is 2.70 bits per heavy atom. The third-order valence-corrected chi connectivity index (χ3v) is 6.68. The highest BCUT2D eigenvalue weighted by Gasteiger charge is 2.15. The first-order chi connectivity index (χ1) is 19.4. The second-order valence-corrected chi connectivity index (χ2v) is 9.67. The van der Waals surface area contributed by atoms with Gasteiger partial charge in [-0.15, -0.1) is 0 Å². The van der Waals surface area contributed by atoms with Gasteiger partial charge in [-0.2, -0.15) is 12.6 Å². The van der Waals surface area contributed by atoms with Gasteiger partial charge in [-0.3, -0.25) is 10.1 Å². The Bertz CT molecular complexity index is 1660. The number of benzene rings is 3. The van der Waals surface area contributed by atoms with Crippen LogP contribution in [-0.2, 0) is 17.8 Å². The molecule has 0 saturated heterocycles. The summed E-state index contributed by atoms with van der Waals surface area (Å²) in [6.45, 7) is 0.284. The number of aliphatic carboxylic acids is 1. The zero-order valence-electron chi connectivity index (χ0n) is 21.0. The van der Waals surface area contributed by atoms with Crippen molar-refractivity contribution in [3.05, 3.63) is 107 Å². The highest BCUT2D eigenvalue weighted by atomic mass is 35.5. The number of carbonyl (C=O) groups is 1. The maximum atomic E-state index is 13.5. The smallest absolute Gasteiger partial charge is 0.321 e. The van der Waals surface area contributed by atoms with Crippen LogP contribution in [-0.4, -0.2) is 32.8 Å². The van der Waals surface area contributed by atoms with E-state index in [2.05, 4.69) is 33.2 Å². The van der Waals surface area contributed by atoms with Crippen LogP contribution < -0.4 is 15.4 Å². The molecule has 0 amide bonds. The van der Waals surface area contributed by atoms with E-state index in [0.29, 0.717) is 40.2 Å². The zero-order valence-corrected chi connectivity index (χ0v) is 22.6. The molecular weight excluding hydrogens is 555 g/mol. The number of aromatic nitrogens is 2. The number of carboxylic acids is 1. The fraction of sp³-hybridized carbons (Fsp3) is 0.138. The van der Waals surface area contributed by atoms with Crippen molar-refractivity contribution in [2.45, 2.75) is 19.0 Å². The molecule has 40 heavy (non-hydrogen) atoms. The molecule has 5 rings (SSSR count). The second-order valence-electron chi connectivity index (χ2n) is 8.90. The molecule has 0 aliphatic rings. The first-order valence-corrected chi connectivity index (χ1v) is 13.3. The monoisotopic (exact) mass is 578 g/mol. The Kier molecular flexibility index (Phi) is 8.49. The molecule has 0 aliphatic carbocycles. The molecule has 5 aromatic rings. The maximum absolute atomic E-state index is 13.5. The molecule has 8 nitrogen and oxygen atoms in total. The molecule has 1 atom stereocenters. The van der Waals surface area contributed by atoms with E-state index in [-0.39, 0.29) is 12.3 Å². The minimum absolute atomic E-state index is 0.178. The fourth-order valence-corrected chi connectivity index (χ4v) is 4.54. The average Bonchev–Trinajstić information content (AvgIpc) is 3.38. The zero-order chi connectivity index (χ0) is 28.1. The van der Waals surface area contributed by atoms with Gasteiger partial charge in [-0.25, -0.2) is 14.4 Å². The van der Waals surface area contributed by atoms with Crippen LogP contribution in [0.15, 0.2) is 83.5 Å². The van der Waals surface area contributed by atoms with Crippen molar-refractivity contribution < 1.29 is 23.4 Å². The predicted molar refractivity (Wildman–Crippen MR) is 154 cm³/mol. The second kappa shape index (κ2) is 12.4. The van der Waals surface area contributed by atoms with Crippen molar-refractivity contribution >= 4 is 52.6 Å². The van der Waals surface area contributed by atoms with Crippen molar-refractivity contribution in [2.24, 2.45) is 0 Å². The number of furan rings is 1. The summed E-state index contributed by atoms with van der Waals surface area (Å²) in [5.41, 5.74) is 2.43. The number of thiol groups is 1. The molecule has 0 radical (unpaired) electrons. The molecule has 0 saturated carbocycles. The van der Waals surface area contributed by atoms with E-state index in [0.717, 1.165) is 22.2 Å². The molecule has 0 bridgehead atoms. The van der Waals surface area contributed by atoms with Gasteiger partial charge in [0.15, 0.2) is 0 Å². The predicted octanol–water partition coefficient (Wildman–Crippen LogP) is 6.61. The lowest BCUT2D eigenvalue weighted by atomic mass is 10.1. The van der Waals surface area contributed by atoms with Gasteiger partial charge in [0.05, 0.1) is 17.1 Å². The van der Waals surface area contributed by atoms with E-state index in [1.165, 1.54) is 18.5 Å². The summed E-state index contributed by atoms with van der Waals surface area (Å²) >= 11 is 10.5. The molecule has 2 heterocycles. The van der Waals surface area contributed by atoms with Crippen LogP contribution in [0.2, 0.25) is 5.02 Å². The number of nitrogens with zero attached hydrogens (tertiary/aromatic N) is 2. The number of ether oxygens (including phenoxy) is 1. The number of nitrogens with one attached hydrogen (secondary N) is 2. The lowest BCUT2D eigenvalue weighted by molar-refractivity contribution is -0.138. The number of halogens is 2. The van der Waals surface area contributed by atoms with E-state index in [1.54, 1.807) is 30.3 Å². The largest absolute Gasteiger partial charge is 0.480 e. The molecule has 0 fully saturated rings. The van der Waals surface area contributed by atoms with Crippen LogP contribution >= 0.6 is 24.2 Å². The lowest BCUT2D eigenvalue weighted by Gasteiger charge is -2.12. The fourth-order valence-electron chi connectivity index (χ4n) is 4.04. The van der Waals surface area contributed by atoms with Crippen molar-refractivity contribution in [2.75, 3.05) is 11.1 Å². The van der Waals surface area contributed by atoms with Gasteiger partial charge < -0.3 is 19.6 Å². The van der Waals surface area contributed by atoms with E-state index < -0.39 is 17.8 Å². The van der Waals surface area contributed by atoms with Gasteiger partial charge in [0, 0.05) is 29.3 Å². The van der Waals surface area contributed by atoms with E-state index >= 15 is 0 Å². The van der Waals surface area contributed by atoms with Gasteiger partial charge in [0.2, 0.25) is 0 Å². The molecule has 11 heteroatoms. The van der Waals surface area contributed by atoms with Crippen molar-refractivity contribution in [1.29, 1.82) is 0 Å². The van der Waals surface area contributed by atoms with Crippen LogP contribution in [0.3, 0.4) is 0 Å². The first-order valence-electron chi connectivity index (χ1n) is 12.3. The molecule has 204 valence electrons. The first kappa shape index (κ1) is 27.4. The number of hydrogen-bond donors (Lipinski definition) is 4. The van der Waals surface area contributed by atoms with E-state index in [4.69, 9.17) is 25.9 Å². The summed E-state index contributed by atoms with van der Waals surface area (Å²) in [6, 6.07) is 19.8. The molecule has 2 aromatic heterocycles. The van der Waals surface area contributed by atoms with Crippen LogP contribution in [0.5, 0.6) is 11.5 Å². The lowest BCUT2D eigenvalue weighted by Crippen LogP contribution is -2.37. The van der Waals surface area contributed by atoms with Gasteiger partial charge in [0.1, 0.15) is 47.0 Å². The number of anilines is 2. The Morgan fingerprint density at radius 2 is 1.93 bits per heavy atom. The van der Waals surface area contributed by atoms with E-state index in [1.807, 2.05) is 30.3 Å². The summed E-state index contributed by atoms with van der Waals surface area (Å²) in [4.78, 5) is 20.0. The Morgan fingerprint density at radius 1 is 1.07 bits per heavy atom. The summed E-state index contributed by atoms with van der Waals surface area (Å²) < 4.78 is 25.1.